The molecular weight excluding hydrogens is 360 g/mol. The van der Waals surface area contributed by atoms with Crippen LogP contribution in [0.2, 0.25) is 0 Å². The number of carbonyl (C=O) groups excluding carboxylic acids is 2. The average molecular weight is 376 g/mol. The van der Waals surface area contributed by atoms with E-state index in [9.17, 15) is 9.59 Å². The van der Waals surface area contributed by atoms with Crippen LogP contribution in [0.1, 0.15) is 22.3 Å². The van der Waals surface area contributed by atoms with Crippen molar-refractivity contribution < 1.29 is 9.59 Å². The number of nitrogens with zero attached hydrogens (tertiary/aromatic N) is 2. The highest BCUT2D eigenvalue weighted by Crippen LogP contribution is 2.24. The maximum absolute atomic E-state index is 12.3. The fourth-order valence-corrected chi connectivity index (χ4v) is 3.77. The lowest BCUT2D eigenvalue weighted by Crippen LogP contribution is -2.26. The Morgan fingerprint density at radius 1 is 1.11 bits per heavy atom. The summed E-state index contributed by atoms with van der Waals surface area (Å²) >= 11 is 1.23. The van der Waals surface area contributed by atoms with Gasteiger partial charge >= 0.3 is 0 Å². The Morgan fingerprint density at radius 3 is 2.74 bits per heavy atom. The molecule has 0 saturated carbocycles. The van der Waals surface area contributed by atoms with Crippen molar-refractivity contribution in [3.8, 4) is 0 Å². The lowest BCUT2D eigenvalue weighted by atomic mass is 10.1. The number of H-pyrrole nitrogens is 1. The van der Waals surface area contributed by atoms with Gasteiger partial charge in [-0.2, -0.15) is 5.10 Å². The molecule has 4 rings (SSSR count). The zero-order chi connectivity index (χ0) is 18.6. The molecule has 0 spiro atoms. The predicted octanol–water partition coefficient (Wildman–Crippen LogP) is 3.36. The standard InChI is InChI=1S/C20H16N4O2S/c25-17(13-6-2-1-3-7-13)10-18-19(26)23-20(27-18)24-22-12-14-11-21-16-9-5-4-8-15(14)16/h1-9,11-12,18,21H,10H2,(H,23,24,26). The minimum Gasteiger partial charge on any atom is -0.361 e. The highest BCUT2D eigenvalue weighted by molar-refractivity contribution is 8.15. The summed E-state index contributed by atoms with van der Waals surface area (Å²) in [6.07, 6.45) is 3.63. The summed E-state index contributed by atoms with van der Waals surface area (Å²) in [5.74, 6) is -0.280. The number of amidine groups is 1. The largest absolute Gasteiger partial charge is 0.361 e. The zero-order valence-corrected chi connectivity index (χ0v) is 15.1. The van der Waals surface area contributed by atoms with Crippen LogP contribution in [0.15, 0.2) is 71.0 Å². The molecule has 1 amide bonds. The molecule has 1 aromatic heterocycles. The van der Waals surface area contributed by atoms with Crippen molar-refractivity contribution in [1.82, 2.24) is 10.3 Å². The number of hydrogen-bond donors (Lipinski definition) is 2. The summed E-state index contributed by atoms with van der Waals surface area (Å²) in [6.45, 7) is 0. The number of rotatable bonds is 5. The predicted molar refractivity (Wildman–Crippen MR) is 108 cm³/mol. The first-order chi connectivity index (χ1) is 13.2. The van der Waals surface area contributed by atoms with Crippen LogP contribution in [-0.4, -0.2) is 33.3 Å². The van der Waals surface area contributed by atoms with Gasteiger partial charge < -0.3 is 10.3 Å². The van der Waals surface area contributed by atoms with Crippen LogP contribution < -0.4 is 5.32 Å². The van der Waals surface area contributed by atoms with Crippen LogP contribution in [0.4, 0.5) is 0 Å². The number of fused-ring (bicyclic) bond motifs is 1. The molecule has 1 aliphatic heterocycles. The number of aromatic nitrogens is 1. The van der Waals surface area contributed by atoms with E-state index in [-0.39, 0.29) is 18.1 Å². The molecular formula is C20H16N4O2S. The molecule has 7 heteroatoms. The van der Waals surface area contributed by atoms with Gasteiger partial charge in [-0.15, -0.1) is 5.10 Å². The van der Waals surface area contributed by atoms with Crippen molar-refractivity contribution in [3.05, 3.63) is 71.9 Å². The topological polar surface area (TPSA) is 86.7 Å². The minimum absolute atomic E-state index is 0.0632. The Bertz CT molecular complexity index is 1060. The monoisotopic (exact) mass is 376 g/mol. The normalized spacial score (nSPS) is 18.4. The highest BCUT2D eigenvalue weighted by atomic mass is 32.2. The molecule has 27 heavy (non-hydrogen) atoms. The van der Waals surface area contributed by atoms with Crippen LogP contribution in [-0.2, 0) is 4.79 Å². The van der Waals surface area contributed by atoms with E-state index in [1.165, 1.54) is 11.8 Å². The molecule has 0 bridgehead atoms. The van der Waals surface area contributed by atoms with Crippen LogP contribution in [0, 0.1) is 0 Å². The van der Waals surface area contributed by atoms with Crippen LogP contribution in [0.5, 0.6) is 0 Å². The molecule has 3 aromatic rings. The number of Topliss-reactive ketones (excluding diaryl/α,β-unsaturated/α-hetero) is 1. The Balaban J connectivity index is 1.42. The molecule has 134 valence electrons. The second kappa shape index (κ2) is 7.59. The lowest BCUT2D eigenvalue weighted by molar-refractivity contribution is -0.118. The fraction of sp³-hybridized carbons (Fsp3) is 0.100. The van der Waals surface area contributed by atoms with Crippen molar-refractivity contribution in [1.29, 1.82) is 0 Å². The summed E-state index contributed by atoms with van der Waals surface area (Å²) in [4.78, 5) is 27.5. The number of thioether (sulfide) groups is 1. The average Bonchev–Trinajstić information content (AvgIpc) is 3.26. The number of hydrogen-bond acceptors (Lipinski definition) is 5. The summed E-state index contributed by atoms with van der Waals surface area (Å²) in [5, 5.41) is 11.8. The van der Waals surface area contributed by atoms with Crippen molar-refractivity contribution >= 4 is 45.7 Å². The van der Waals surface area contributed by atoms with Crippen LogP contribution in [0.25, 0.3) is 10.9 Å². The first kappa shape index (κ1) is 17.2. The first-order valence-electron chi connectivity index (χ1n) is 8.43. The Labute approximate surface area is 159 Å². The Kier molecular flexibility index (Phi) is 4.84. The fourth-order valence-electron chi connectivity index (χ4n) is 2.84. The van der Waals surface area contributed by atoms with Crippen molar-refractivity contribution in [3.63, 3.8) is 0 Å². The third-order valence-electron chi connectivity index (χ3n) is 4.21. The van der Waals surface area contributed by atoms with E-state index in [2.05, 4.69) is 20.5 Å². The SMILES string of the molecule is O=C(CC1S/C(=N/N=Cc2c[nH]c3ccccc23)NC1=O)c1ccccc1. The third-order valence-corrected chi connectivity index (χ3v) is 5.28. The number of nitrogens with one attached hydrogen (secondary N) is 2. The maximum Gasteiger partial charge on any atom is 0.240 e. The molecule has 0 radical (unpaired) electrons. The Morgan fingerprint density at radius 2 is 1.89 bits per heavy atom. The van der Waals surface area contributed by atoms with Gasteiger partial charge in [0.25, 0.3) is 0 Å². The second-order valence-corrected chi connectivity index (χ2v) is 7.22. The van der Waals surface area contributed by atoms with Gasteiger partial charge in [0.15, 0.2) is 11.0 Å². The quantitative estimate of drug-likeness (QED) is 0.407. The van der Waals surface area contributed by atoms with E-state index < -0.39 is 5.25 Å². The number of ketones is 1. The Hall–Kier alpha value is -3.19. The van der Waals surface area contributed by atoms with Gasteiger partial charge in [-0.25, -0.2) is 0 Å². The molecule has 1 fully saturated rings. The molecule has 2 N–H and O–H groups in total. The van der Waals surface area contributed by atoms with Crippen molar-refractivity contribution in [2.75, 3.05) is 0 Å². The number of carbonyl (C=O) groups is 2. The summed E-state index contributed by atoms with van der Waals surface area (Å²) < 4.78 is 0. The second-order valence-electron chi connectivity index (χ2n) is 6.03. The third kappa shape index (κ3) is 3.83. The molecule has 2 aromatic carbocycles. The van der Waals surface area contributed by atoms with E-state index in [0.29, 0.717) is 10.7 Å². The van der Waals surface area contributed by atoms with Crippen LogP contribution >= 0.6 is 11.8 Å². The number of amides is 1. The van der Waals surface area contributed by atoms with E-state index >= 15 is 0 Å². The summed E-state index contributed by atoms with van der Waals surface area (Å²) in [5.41, 5.74) is 2.54. The van der Waals surface area contributed by atoms with Crippen molar-refractivity contribution in [2.45, 2.75) is 11.7 Å². The molecule has 0 aliphatic carbocycles. The molecule has 1 atom stereocenters. The van der Waals surface area contributed by atoms with Gasteiger partial charge in [-0.05, 0) is 6.07 Å². The minimum atomic E-state index is -0.486. The molecule has 1 aliphatic rings. The molecule has 1 unspecified atom stereocenters. The van der Waals surface area contributed by atoms with Gasteiger partial charge in [-0.3, -0.25) is 9.59 Å². The maximum atomic E-state index is 12.3. The first-order valence-corrected chi connectivity index (χ1v) is 9.31. The molecule has 2 heterocycles. The number of aromatic amines is 1. The van der Waals surface area contributed by atoms with Gasteiger partial charge in [0.2, 0.25) is 5.91 Å². The number of para-hydroxylation sites is 1. The van der Waals surface area contributed by atoms with Gasteiger partial charge in [-0.1, -0.05) is 60.3 Å². The molecule has 1 saturated heterocycles. The van der Waals surface area contributed by atoms with E-state index in [1.54, 1.807) is 30.5 Å². The smallest absolute Gasteiger partial charge is 0.240 e. The van der Waals surface area contributed by atoms with Gasteiger partial charge in [0, 0.05) is 34.6 Å². The van der Waals surface area contributed by atoms with E-state index in [1.807, 2.05) is 36.5 Å². The van der Waals surface area contributed by atoms with Gasteiger partial charge in [0.1, 0.15) is 0 Å². The van der Waals surface area contributed by atoms with Crippen LogP contribution in [0.3, 0.4) is 0 Å². The lowest BCUT2D eigenvalue weighted by Gasteiger charge is -2.04. The zero-order valence-electron chi connectivity index (χ0n) is 14.3. The summed E-state index contributed by atoms with van der Waals surface area (Å²) in [7, 11) is 0. The summed E-state index contributed by atoms with van der Waals surface area (Å²) in [6, 6.07) is 16.9. The van der Waals surface area contributed by atoms with E-state index in [0.717, 1.165) is 16.5 Å². The molecule has 6 nitrogen and oxygen atoms in total. The van der Waals surface area contributed by atoms with E-state index in [4.69, 9.17) is 0 Å². The van der Waals surface area contributed by atoms with Crippen molar-refractivity contribution in [2.24, 2.45) is 10.2 Å². The van der Waals surface area contributed by atoms with Gasteiger partial charge in [0.05, 0.1) is 11.5 Å². The number of benzene rings is 2. The highest BCUT2D eigenvalue weighted by Gasteiger charge is 2.32.